The highest BCUT2D eigenvalue weighted by Crippen LogP contribution is 2.33. The van der Waals surface area contributed by atoms with Crippen molar-refractivity contribution in [1.82, 2.24) is 0 Å². The fraction of sp³-hybridized carbons (Fsp3) is 0.500. The van der Waals surface area contributed by atoms with Crippen LogP contribution in [0.3, 0.4) is 0 Å². The SMILES string of the molecule is CCCc1c(OCCCS(=O)O)ccc(C(C)=O)c1O. The molecule has 20 heavy (non-hydrogen) atoms. The smallest absolute Gasteiger partial charge is 0.163 e. The molecule has 5 nitrogen and oxygen atoms in total. The zero-order valence-corrected chi connectivity index (χ0v) is 12.5. The van der Waals surface area contributed by atoms with E-state index in [1.54, 1.807) is 6.07 Å². The first-order valence-electron chi connectivity index (χ1n) is 6.53. The van der Waals surface area contributed by atoms with Gasteiger partial charge in [0.25, 0.3) is 0 Å². The summed E-state index contributed by atoms with van der Waals surface area (Å²) in [6.45, 7) is 3.67. The summed E-state index contributed by atoms with van der Waals surface area (Å²) in [4.78, 5) is 11.4. The molecular formula is C14H20O5S. The molecule has 112 valence electrons. The van der Waals surface area contributed by atoms with Gasteiger partial charge in [0.15, 0.2) is 16.9 Å². The Bertz CT molecular complexity index is 499. The summed E-state index contributed by atoms with van der Waals surface area (Å²) in [5.74, 6) is 0.461. The van der Waals surface area contributed by atoms with Gasteiger partial charge in [0, 0.05) is 5.56 Å². The number of hydrogen-bond acceptors (Lipinski definition) is 4. The second-order valence-corrected chi connectivity index (χ2v) is 5.52. The summed E-state index contributed by atoms with van der Waals surface area (Å²) in [7, 11) is 0. The van der Waals surface area contributed by atoms with Gasteiger partial charge in [-0.1, -0.05) is 13.3 Å². The Morgan fingerprint density at radius 3 is 2.65 bits per heavy atom. The lowest BCUT2D eigenvalue weighted by Crippen LogP contribution is -2.06. The van der Waals surface area contributed by atoms with E-state index in [0.29, 0.717) is 30.8 Å². The molecule has 0 saturated carbocycles. The van der Waals surface area contributed by atoms with Crippen LogP contribution < -0.4 is 4.74 Å². The van der Waals surface area contributed by atoms with Crippen LogP contribution >= 0.6 is 0 Å². The molecule has 0 radical (unpaired) electrons. The number of phenols is 1. The third kappa shape index (κ3) is 4.61. The van der Waals surface area contributed by atoms with Crippen molar-refractivity contribution in [3.05, 3.63) is 23.3 Å². The molecular weight excluding hydrogens is 280 g/mol. The van der Waals surface area contributed by atoms with Crippen molar-refractivity contribution < 1.29 is 23.4 Å². The van der Waals surface area contributed by atoms with Gasteiger partial charge in [0.2, 0.25) is 0 Å². The molecule has 0 aromatic heterocycles. The summed E-state index contributed by atoms with van der Waals surface area (Å²) in [6.07, 6.45) is 1.87. The van der Waals surface area contributed by atoms with Crippen LogP contribution in [0.15, 0.2) is 12.1 Å². The first-order chi connectivity index (χ1) is 9.47. The minimum Gasteiger partial charge on any atom is -0.507 e. The largest absolute Gasteiger partial charge is 0.507 e. The van der Waals surface area contributed by atoms with E-state index in [-0.39, 0.29) is 22.8 Å². The number of ether oxygens (including phenoxy) is 1. The van der Waals surface area contributed by atoms with Crippen molar-refractivity contribution >= 4 is 16.9 Å². The van der Waals surface area contributed by atoms with Crippen LogP contribution in [0.2, 0.25) is 0 Å². The molecule has 0 fully saturated rings. The number of carbonyl (C=O) groups is 1. The molecule has 1 aromatic rings. The second-order valence-electron chi connectivity index (χ2n) is 4.47. The van der Waals surface area contributed by atoms with Crippen LogP contribution in [0.4, 0.5) is 0 Å². The van der Waals surface area contributed by atoms with Crippen molar-refractivity contribution in [1.29, 1.82) is 0 Å². The number of phenolic OH excluding ortho intramolecular Hbond substituents is 1. The van der Waals surface area contributed by atoms with E-state index in [0.717, 1.165) is 6.42 Å². The fourth-order valence-corrected chi connectivity index (χ4v) is 2.26. The zero-order chi connectivity index (χ0) is 15.1. The van der Waals surface area contributed by atoms with E-state index in [1.165, 1.54) is 13.0 Å². The van der Waals surface area contributed by atoms with Crippen LogP contribution in [0.25, 0.3) is 0 Å². The van der Waals surface area contributed by atoms with E-state index in [4.69, 9.17) is 9.29 Å². The predicted octanol–water partition coefficient (Wildman–Crippen LogP) is 2.54. The molecule has 0 saturated heterocycles. The molecule has 0 spiro atoms. The van der Waals surface area contributed by atoms with Gasteiger partial charge >= 0.3 is 0 Å². The third-order valence-electron chi connectivity index (χ3n) is 2.84. The van der Waals surface area contributed by atoms with Crippen molar-refractivity contribution in [2.45, 2.75) is 33.1 Å². The minimum absolute atomic E-state index is 0.0254. The number of aromatic hydroxyl groups is 1. The lowest BCUT2D eigenvalue weighted by atomic mass is 10.0. The number of hydrogen-bond donors (Lipinski definition) is 2. The molecule has 0 aliphatic heterocycles. The molecule has 0 aliphatic carbocycles. The summed E-state index contributed by atoms with van der Waals surface area (Å²) < 4.78 is 24.7. The highest BCUT2D eigenvalue weighted by molar-refractivity contribution is 7.79. The van der Waals surface area contributed by atoms with Gasteiger partial charge in [-0.3, -0.25) is 4.79 Å². The van der Waals surface area contributed by atoms with Gasteiger partial charge in [-0.25, -0.2) is 4.21 Å². The third-order valence-corrected chi connectivity index (χ3v) is 3.48. The molecule has 0 amide bonds. The van der Waals surface area contributed by atoms with Gasteiger partial charge < -0.3 is 14.4 Å². The van der Waals surface area contributed by atoms with Crippen molar-refractivity contribution in [3.63, 3.8) is 0 Å². The number of rotatable bonds is 8. The number of benzene rings is 1. The topological polar surface area (TPSA) is 83.8 Å². The second kappa shape index (κ2) is 8.01. The van der Waals surface area contributed by atoms with Crippen LogP contribution in [0.5, 0.6) is 11.5 Å². The molecule has 1 rings (SSSR count). The predicted molar refractivity (Wildman–Crippen MR) is 77.9 cm³/mol. The van der Waals surface area contributed by atoms with Gasteiger partial charge in [0.05, 0.1) is 17.9 Å². The maximum absolute atomic E-state index is 11.4. The fourth-order valence-electron chi connectivity index (χ4n) is 1.89. The Morgan fingerprint density at radius 1 is 1.40 bits per heavy atom. The van der Waals surface area contributed by atoms with E-state index in [9.17, 15) is 14.1 Å². The van der Waals surface area contributed by atoms with Crippen molar-refractivity contribution in [3.8, 4) is 11.5 Å². The van der Waals surface area contributed by atoms with Gasteiger partial charge in [-0.05, 0) is 31.9 Å². The van der Waals surface area contributed by atoms with Crippen LogP contribution in [-0.2, 0) is 17.5 Å². The van der Waals surface area contributed by atoms with Crippen molar-refractivity contribution in [2.75, 3.05) is 12.4 Å². The standard InChI is InChI=1S/C14H20O5S/c1-3-5-12-13(19-8-4-9-20(17)18)7-6-11(10(2)15)14(12)16/h6-7,16H,3-5,8-9H2,1-2H3,(H,17,18). The quantitative estimate of drug-likeness (QED) is 0.438. The Kier molecular flexibility index (Phi) is 6.67. The van der Waals surface area contributed by atoms with E-state index in [1.807, 2.05) is 6.92 Å². The summed E-state index contributed by atoms with van der Waals surface area (Å²) in [5.41, 5.74) is 0.905. The summed E-state index contributed by atoms with van der Waals surface area (Å²) in [5, 5.41) is 10.1. The van der Waals surface area contributed by atoms with E-state index >= 15 is 0 Å². The van der Waals surface area contributed by atoms with Crippen LogP contribution in [0.1, 0.15) is 42.6 Å². The zero-order valence-electron chi connectivity index (χ0n) is 11.7. The first kappa shape index (κ1) is 16.7. The Balaban J connectivity index is 2.87. The Hall–Kier alpha value is -1.40. The summed E-state index contributed by atoms with van der Waals surface area (Å²) in [6, 6.07) is 3.20. The van der Waals surface area contributed by atoms with Gasteiger partial charge in [-0.2, -0.15) is 0 Å². The van der Waals surface area contributed by atoms with Gasteiger partial charge in [-0.15, -0.1) is 0 Å². The average Bonchev–Trinajstić information content (AvgIpc) is 2.37. The molecule has 1 atom stereocenters. The Morgan fingerprint density at radius 2 is 2.10 bits per heavy atom. The highest BCUT2D eigenvalue weighted by atomic mass is 32.2. The number of ketones is 1. The average molecular weight is 300 g/mol. The van der Waals surface area contributed by atoms with Crippen LogP contribution in [0, 0.1) is 0 Å². The molecule has 0 aliphatic rings. The van der Waals surface area contributed by atoms with E-state index in [2.05, 4.69) is 0 Å². The lowest BCUT2D eigenvalue weighted by molar-refractivity contribution is 0.101. The molecule has 6 heteroatoms. The molecule has 0 bridgehead atoms. The molecule has 1 unspecified atom stereocenters. The van der Waals surface area contributed by atoms with Crippen molar-refractivity contribution in [2.24, 2.45) is 0 Å². The molecule has 1 aromatic carbocycles. The Labute approximate surface area is 121 Å². The minimum atomic E-state index is -1.82. The maximum Gasteiger partial charge on any atom is 0.163 e. The normalized spacial score (nSPS) is 12.2. The number of Topliss-reactive ketones (excluding diaryl/α,β-unsaturated/α-hetero) is 1. The number of carbonyl (C=O) groups excluding carboxylic acids is 1. The first-order valence-corrected chi connectivity index (χ1v) is 7.81. The highest BCUT2D eigenvalue weighted by Gasteiger charge is 2.15. The molecule has 2 N–H and O–H groups in total. The maximum atomic E-state index is 11.4. The van der Waals surface area contributed by atoms with Gasteiger partial charge in [0.1, 0.15) is 11.5 Å². The monoisotopic (exact) mass is 300 g/mol. The lowest BCUT2D eigenvalue weighted by Gasteiger charge is -2.14. The van der Waals surface area contributed by atoms with E-state index < -0.39 is 11.1 Å². The van der Waals surface area contributed by atoms with Crippen LogP contribution in [-0.4, -0.2) is 32.0 Å². The molecule has 0 heterocycles. The summed E-state index contributed by atoms with van der Waals surface area (Å²) >= 11 is -1.82.